The molecule has 1 heterocycles. The smallest absolute Gasteiger partial charge is 0.157 e. The Morgan fingerprint density at radius 2 is 2.17 bits per heavy atom. The molecule has 1 aromatic rings. The van der Waals surface area contributed by atoms with E-state index in [9.17, 15) is 5.11 Å². The van der Waals surface area contributed by atoms with E-state index in [2.05, 4.69) is 18.9 Å². The number of aromatic nitrogens is 2. The summed E-state index contributed by atoms with van der Waals surface area (Å²) in [6.45, 7) is 4.20. The molecule has 1 aromatic heterocycles. The molecule has 0 aliphatic heterocycles. The normalized spacial score (nSPS) is 29.8. The lowest BCUT2D eigenvalue weighted by Crippen LogP contribution is -2.58. The third-order valence-electron chi connectivity index (χ3n) is 4.66. The van der Waals surface area contributed by atoms with Crippen molar-refractivity contribution in [3.63, 3.8) is 0 Å². The maximum absolute atomic E-state index is 10.0. The molecule has 2 atom stereocenters. The van der Waals surface area contributed by atoms with Crippen LogP contribution in [0.25, 0.3) is 0 Å². The summed E-state index contributed by atoms with van der Waals surface area (Å²) in [5.74, 6) is 0.840. The maximum Gasteiger partial charge on any atom is 0.157 e. The van der Waals surface area contributed by atoms with Crippen LogP contribution in [0.2, 0.25) is 0 Å². The Bertz CT molecular complexity index is 421. The first-order valence-electron chi connectivity index (χ1n) is 7.01. The first-order chi connectivity index (χ1) is 8.62. The largest absolute Gasteiger partial charge is 0.486 e. The van der Waals surface area contributed by atoms with Gasteiger partial charge in [-0.2, -0.15) is 5.10 Å². The molecule has 0 saturated heterocycles. The SMILES string of the molecule is CC(C)n1cc(OC2CC(O)C23CCCC3)cn1. The van der Waals surface area contributed by atoms with Gasteiger partial charge in [-0.25, -0.2) is 0 Å². The average Bonchev–Trinajstić information content (AvgIpc) is 2.99. The van der Waals surface area contributed by atoms with Crippen LogP contribution in [0.15, 0.2) is 12.4 Å². The van der Waals surface area contributed by atoms with E-state index in [1.807, 2.05) is 10.9 Å². The summed E-state index contributed by atoms with van der Waals surface area (Å²) in [5.41, 5.74) is 0.0416. The van der Waals surface area contributed by atoms with Gasteiger partial charge in [0.15, 0.2) is 5.75 Å². The van der Waals surface area contributed by atoms with Gasteiger partial charge in [0.2, 0.25) is 0 Å². The van der Waals surface area contributed by atoms with E-state index in [0.29, 0.717) is 6.04 Å². The van der Waals surface area contributed by atoms with Gasteiger partial charge >= 0.3 is 0 Å². The summed E-state index contributed by atoms with van der Waals surface area (Å²) in [6.07, 6.45) is 9.20. The van der Waals surface area contributed by atoms with Crippen molar-refractivity contribution in [2.45, 2.75) is 64.2 Å². The lowest BCUT2D eigenvalue weighted by atomic mass is 9.62. The number of hydrogen-bond donors (Lipinski definition) is 1. The number of rotatable bonds is 3. The number of aliphatic hydroxyl groups excluding tert-OH is 1. The second-order valence-electron chi connectivity index (χ2n) is 6.05. The fourth-order valence-electron chi connectivity index (χ4n) is 3.41. The highest BCUT2D eigenvalue weighted by atomic mass is 16.5. The van der Waals surface area contributed by atoms with Crippen molar-refractivity contribution < 1.29 is 9.84 Å². The van der Waals surface area contributed by atoms with Crippen molar-refractivity contribution in [3.05, 3.63) is 12.4 Å². The fraction of sp³-hybridized carbons (Fsp3) is 0.786. The molecule has 2 aliphatic carbocycles. The predicted octanol–water partition coefficient (Wildman–Crippen LogP) is 2.54. The molecule has 2 saturated carbocycles. The van der Waals surface area contributed by atoms with E-state index in [4.69, 9.17) is 4.74 Å². The van der Waals surface area contributed by atoms with Crippen molar-refractivity contribution >= 4 is 0 Å². The molecule has 3 rings (SSSR count). The highest BCUT2D eigenvalue weighted by Crippen LogP contribution is 2.54. The highest BCUT2D eigenvalue weighted by Gasteiger charge is 2.57. The van der Waals surface area contributed by atoms with E-state index in [1.54, 1.807) is 6.20 Å². The average molecular weight is 250 g/mol. The molecular formula is C14H22N2O2. The minimum atomic E-state index is -0.162. The maximum atomic E-state index is 10.0. The quantitative estimate of drug-likeness (QED) is 0.896. The van der Waals surface area contributed by atoms with Crippen LogP contribution in [0.3, 0.4) is 0 Å². The first kappa shape index (κ1) is 12.0. The molecule has 2 fully saturated rings. The van der Waals surface area contributed by atoms with Gasteiger partial charge in [0.05, 0.1) is 18.5 Å². The van der Waals surface area contributed by atoms with Gasteiger partial charge in [-0.1, -0.05) is 12.8 Å². The molecule has 0 radical (unpaired) electrons. The zero-order valence-corrected chi connectivity index (χ0v) is 11.2. The molecular weight excluding hydrogens is 228 g/mol. The highest BCUT2D eigenvalue weighted by molar-refractivity contribution is 5.16. The van der Waals surface area contributed by atoms with Crippen LogP contribution in [0, 0.1) is 5.41 Å². The van der Waals surface area contributed by atoms with Crippen LogP contribution >= 0.6 is 0 Å². The van der Waals surface area contributed by atoms with Crippen LogP contribution in [0.5, 0.6) is 5.75 Å². The molecule has 4 nitrogen and oxygen atoms in total. The topological polar surface area (TPSA) is 47.3 Å². The van der Waals surface area contributed by atoms with Gasteiger partial charge in [0, 0.05) is 17.9 Å². The van der Waals surface area contributed by atoms with Gasteiger partial charge in [0.1, 0.15) is 6.10 Å². The molecule has 100 valence electrons. The lowest BCUT2D eigenvalue weighted by molar-refractivity contribution is -0.152. The monoisotopic (exact) mass is 250 g/mol. The Balaban J connectivity index is 1.69. The van der Waals surface area contributed by atoms with Crippen molar-refractivity contribution in [2.24, 2.45) is 5.41 Å². The van der Waals surface area contributed by atoms with Crippen LogP contribution < -0.4 is 4.74 Å². The second kappa shape index (κ2) is 4.26. The Morgan fingerprint density at radius 1 is 1.44 bits per heavy atom. The predicted molar refractivity (Wildman–Crippen MR) is 68.6 cm³/mol. The third kappa shape index (κ3) is 1.74. The summed E-state index contributed by atoms with van der Waals surface area (Å²) in [4.78, 5) is 0. The first-order valence-corrected chi connectivity index (χ1v) is 7.01. The molecule has 2 aliphatic rings. The summed E-state index contributed by atoms with van der Waals surface area (Å²) in [6, 6.07) is 0.356. The summed E-state index contributed by atoms with van der Waals surface area (Å²) in [5, 5.41) is 14.3. The number of ether oxygens (including phenoxy) is 1. The minimum Gasteiger partial charge on any atom is -0.486 e. The molecule has 2 unspecified atom stereocenters. The Labute approximate surface area is 108 Å². The van der Waals surface area contributed by atoms with Crippen LogP contribution in [0.4, 0.5) is 0 Å². The van der Waals surface area contributed by atoms with Gasteiger partial charge in [-0.15, -0.1) is 0 Å². The Kier molecular flexibility index (Phi) is 2.85. The van der Waals surface area contributed by atoms with Crippen LogP contribution in [0.1, 0.15) is 52.0 Å². The van der Waals surface area contributed by atoms with Crippen molar-refractivity contribution in [3.8, 4) is 5.75 Å². The summed E-state index contributed by atoms with van der Waals surface area (Å²) in [7, 11) is 0. The van der Waals surface area contributed by atoms with E-state index >= 15 is 0 Å². The standard InChI is InChI=1S/C14H22N2O2/c1-10(2)16-9-11(8-15-16)18-13-7-12(17)14(13)5-3-4-6-14/h8-10,12-13,17H,3-7H2,1-2H3. The van der Waals surface area contributed by atoms with Crippen molar-refractivity contribution in [2.75, 3.05) is 0 Å². The van der Waals surface area contributed by atoms with Crippen LogP contribution in [-0.2, 0) is 0 Å². The lowest BCUT2D eigenvalue weighted by Gasteiger charge is -2.50. The summed E-state index contributed by atoms with van der Waals surface area (Å²) >= 11 is 0. The molecule has 0 amide bonds. The van der Waals surface area contributed by atoms with Crippen molar-refractivity contribution in [1.29, 1.82) is 0 Å². The van der Waals surface area contributed by atoms with Gasteiger partial charge < -0.3 is 9.84 Å². The van der Waals surface area contributed by atoms with Crippen molar-refractivity contribution in [1.82, 2.24) is 9.78 Å². The van der Waals surface area contributed by atoms with E-state index < -0.39 is 0 Å². The Hall–Kier alpha value is -1.03. The molecule has 1 spiro atoms. The Morgan fingerprint density at radius 3 is 2.72 bits per heavy atom. The second-order valence-corrected chi connectivity index (χ2v) is 6.05. The fourth-order valence-corrected chi connectivity index (χ4v) is 3.41. The van der Waals surface area contributed by atoms with E-state index in [-0.39, 0.29) is 17.6 Å². The van der Waals surface area contributed by atoms with E-state index in [1.165, 1.54) is 12.8 Å². The number of aliphatic hydroxyl groups is 1. The molecule has 4 heteroatoms. The van der Waals surface area contributed by atoms with Gasteiger partial charge in [-0.3, -0.25) is 4.68 Å². The zero-order chi connectivity index (χ0) is 12.8. The molecule has 18 heavy (non-hydrogen) atoms. The third-order valence-corrected chi connectivity index (χ3v) is 4.66. The molecule has 0 bridgehead atoms. The zero-order valence-electron chi connectivity index (χ0n) is 11.2. The van der Waals surface area contributed by atoms with Gasteiger partial charge in [0.25, 0.3) is 0 Å². The number of nitrogens with zero attached hydrogens (tertiary/aromatic N) is 2. The van der Waals surface area contributed by atoms with E-state index in [0.717, 1.165) is 25.0 Å². The summed E-state index contributed by atoms with van der Waals surface area (Å²) < 4.78 is 7.95. The minimum absolute atomic E-state index is 0.0416. The number of hydrogen-bond acceptors (Lipinski definition) is 3. The molecule has 0 aromatic carbocycles. The van der Waals surface area contributed by atoms with Crippen LogP contribution in [-0.4, -0.2) is 27.1 Å². The van der Waals surface area contributed by atoms with Gasteiger partial charge in [-0.05, 0) is 26.7 Å². The molecule has 1 N–H and O–H groups in total.